The van der Waals surface area contributed by atoms with E-state index in [4.69, 9.17) is 9.47 Å². The second-order valence-electron chi connectivity index (χ2n) is 3.95. The summed E-state index contributed by atoms with van der Waals surface area (Å²) in [5, 5.41) is 0. The summed E-state index contributed by atoms with van der Waals surface area (Å²) in [7, 11) is 0. The topological polar surface area (TPSA) is 18.5 Å². The third-order valence-corrected chi connectivity index (χ3v) is 2.62. The van der Waals surface area contributed by atoms with Crippen molar-refractivity contribution in [1.29, 1.82) is 0 Å². The molecule has 0 amide bonds. The van der Waals surface area contributed by atoms with Gasteiger partial charge in [0.1, 0.15) is 0 Å². The highest BCUT2D eigenvalue weighted by Crippen LogP contribution is 2.24. The summed E-state index contributed by atoms with van der Waals surface area (Å²) in [4.78, 5) is 0. The molecule has 1 fully saturated rings. The lowest BCUT2D eigenvalue weighted by Gasteiger charge is -2.10. The Morgan fingerprint density at radius 2 is 2.43 bits per heavy atom. The van der Waals surface area contributed by atoms with Gasteiger partial charge in [0, 0.05) is 13.0 Å². The van der Waals surface area contributed by atoms with E-state index in [9.17, 15) is 0 Å². The summed E-state index contributed by atoms with van der Waals surface area (Å²) in [6.45, 7) is 7.61. The molecule has 0 aromatic heterocycles. The SMILES string of the molecule is C=CCCC1COC(OCCCC)C1. The monoisotopic (exact) mass is 198 g/mol. The zero-order valence-corrected chi connectivity index (χ0v) is 9.21. The van der Waals surface area contributed by atoms with Crippen molar-refractivity contribution < 1.29 is 9.47 Å². The van der Waals surface area contributed by atoms with Gasteiger partial charge in [-0.2, -0.15) is 0 Å². The second-order valence-corrected chi connectivity index (χ2v) is 3.95. The molecule has 0 bridgehead atoms. The van der Waals surface area contributed by atoms with E-state index >= 15 is 0 Å². The lowest BCUT2D eigenvalue weighted by molar-refractivity contribution is -0.111. The molecule has 0 radical (unpaired) electrons. The molecule has 1 rings (SSSR count). The van der Waals surface area contributed by atoms with Crippen LogP contribution in [-0.2, 0) is 9.47 Å². The van der Waals surface area contributed by atoms with Crippen LogP contribution in [0.4, 0.5) is 0 Å². The summed E-state index contributed by atoms with van der Waals surface area (Å²) < 4.78 is 11.2. The van der Waals surface area contributed by atoms with E-state index in [1.165, 1.54) is 12.8 Å². The lowest BCUT2D eigenvalue weighted by Crippen LogP contribution is -2.11. The van der Waals surface area contributed by atoms with Gasteiger partial charge in [-0.25, -0.2) is 0 Å². The van der Waals surface area contributed by atoms with E-state index in [2.05, 4.69) is 13.5 Å². The maximum atomic E-state index is 5.61. The molecule has 0 aliphatic carbocycles. The molecule has 82 valence electrons. The molecule has 1 aliphatic rings. The Morgan fingerprint density at radius 3 is 3.14 bits per heavy atom. The summed E-state index contributed by atoms with van der Waals surface area (Å²) in [5.74, 6) is 0.680. The van der Waals surface area contributed by atoms with Gasteiger partial charge >= 0.3 is 0 Å². The molecule has 2 atom stereocenters. The predicted octanol–water partition coefficient (Wildman–Crippen LogP) is 3.13. The van der Waals surface area contributed by atoms with E-state index in [-0.39, 0.29) is 6.29 Å². The smallest absolute Gasteiger partial charge is 0.157 e. The van der Waals surface area contributed by atoms with Crippen LogP contribution < -0.4 is 0 Å². The van der Waals surface area contributed by atoms with Gasteiger partial charge in [-0.3, -0.25) is 0 Å². The van der Waals surface area contributed by atoms with E-state index in [0.29, 0.717) is 5.92 Å². The first-order valence-corrected chi connectivity index (χ1v) is 5.71. The van der Waals surface area contributed by atoms with Crippen LogP contribution in [0.15, 0.2) is 12.7 Å². The molecule has 1 aliphatic heterocycles. The molecule has 1 heterocycles. The van der Waals surface area contributed by atoms with Crippen LogP contribution in [0.1, 0.15) is 39.0 Å². The molecule has 2 heteroatoms. The van der Waals surface area contributed by atoms with Crippen molar-refractivity contribution >= 4 is 0 Å². The Hall–Kier alpha value is -0.340. The van der Waals surface area contributed by atoms with Crippen LogP contribution in [0.2, 0.25) is 0 Å². The van der Waals surface area contributed by atoms with Crippen molar-refractivity contribution in [3.63, 3.8) is 0 Å². The Bertz CT molecular complexity index is 156. The molecule has 2 nitrogen and oxygen atoms in total. The van der Waals surface area contributed by atoms with Crippen LogP contribution in [-0.4, -0.2) is 19.5 Å². The van der Waals surface area contributed by atoms with Crippen molar-refractivity contribution in [2.24, 2.45) is 5.92 Å². The highest BCUT2D eigenvalue weighted by molar-refractivity contribution is 4.73. The minimum absolute atomic E-state index is 0.0661. The molecule has 0 saturated carbocycles. The van der Waals surface area contributed by atoms with E-state index < -0.39 is 0 Å². The van der Waals surface area contributed by atoms with Crippen LogP contribution in [0.25, 0.3) is 0 Å². The van der Waals surface area contributed by atoms with Gasteiger partial charge in [-0.1, -0.05) is 19.4 Å². The minimum atomic E-state index is 0.0661. The molecular weight excluding hydrogens is 176 g/mol. The van der Waals surface area contributed by atoms with Crippen LogP contribution in [0, 0.1) is 5.92 Å². The third kappa shape index (κ3) is 4.25. The van der Waals surface area contributed by atoms with Crippen LogP contribution in [0.3, 0.4) is 0 Å². The first-order valence-electron chi connectivity index (χ1n) is 5.71. The van der Waals surface area contributed by atoms with Gasteiger partial charge in [0.05, 0.1) is 6.61 Å². The maximum Gasteiger partial charge on any atom is 0.157 e. The molecule has 0 N–H and O–H groups in total. The third-order valence-electron chi connectivity index (χ3n) is 2.62. The molecule has 1 saturated heterocycles. The zero-order chi connectivity index (χ0) is 10.2. The highest BCUT2D eigenvalue weighted by atomic mass is 16.7. The first kappa shape index (κ1) is 11.7. The number of rotatable bonds is 7. The Balaban J connectivity index is 2.04. The fourth-order valence-electron chi connectivity index (χ4n) is 1.68. The molecule has 2 unspecified atom stereocenters. The standard InChI is InChI=1S/C12H22O2/c1-3-5-7-11-9-12(14-10-11)13-8-6-4-2/h3,11-12H,1,4-10H2,2H3. The van der Waals surface area contributed by atoms with Crippen molar-refractivity contribution in [3.05, 3.63) is 12.7 Å². The van der Waals surface area contributed by atoms with E-state index in [0.717, 1.165) is 32.5 Å². The Morgan fingerprint density at radius 1 is 1.57 bits per heavy atom. The Kier molecular flexibility index (Phi) is 5.88. The lowest BCUT2D eigenvalue weighted by atomic mass is 10.0. The first-order chi connectivity index (χ1) is 6.86. The molecular formula is C12H22O2. The van der Waals surface area contributed by atoms with Crippen LogP contribution >= 0.6 is 0 Å². The maximum absolute atomic E-state index is 5.61. The molecule has 0 aromatic rings. The predicted molar refractivity (Wildman–Crippen MR) is 58.1 cm³/mol. The summed E-state index contributed by atoms with van der Waals surface area (Å²) in [5.41, 5.74) is 0. The second kappa shape index (κ2) is 7.02. The van der Waals surface area contributed by atoms with Gasteiger partial charge in [0.25, 0.3) is 0 Å². The zero-order valence-electron chi connectivity index (χ0n) is 9.21. The number of unbranched alkanes of at least 4 members (excludes halogenated alkanes) is 1. The summed E-state index contributed by atoms with van der Waals surface area (Å²) in [6.07, 6.45) is 7.72. The number of hydrogen-bond acceptors (Lipinski definition) is 2. The van der Waals surface area contributed by atoms with Gasteiger partial charge in [-0.05, 0) is 25.2 Å². The average Bonchev–Trinajstić information content (AvgIpc) is 2.63. The fraction of sp³-hybridized carbons (Fsp3) is 0.833. The van der Waals surface area contributed by atoms with Gasteiger partial charge in [-0.15, -0.1) is 6.58 Å². The van der Waals surface area contributed by atoms with Gasteiger partial charge < -0.3 is 9.47 Å². The van der Waals surface area contributed by atoms with E-state index in [1.807, 2.05) is 6.08 Å². The highest BCUT2D eigenvalue weighted by Gasteiger charge is 2.24. The van der Waals surface area contributed by atoms with Gasteiger partial charge in [0.15, 0.2) is 6.29 Å². The van der Waals surface area contributed by atoms with Crippen LogP contribution in [0.5, 0.6) is 0 Å². The fourth-order valence-corrected chi connectivity index (χ4v) is 1.68. The molecule has 0 spiro atoms. The largest absolute Gasteiger partial charge is 0.353 e. The summed E-state index contributed by atoms with van der Waals surface area (Å²) in [6, 6.07) is 0. The molecule has 14 heavy (non-hydrogen) atoms. The van der Waals surface area contributed by atoms with E-state index in [1.54, 1.807) is 0 Å². The number of allylic oxidation sites excluding steroid dienone is 1. The quantitative estimate of drug-likeness (QED) is 0.462. The Labute approximate surface area is 87.3 Å². The van der Waals surface area contributed by atoms with Gasteiger partial charge in [0.2, 0.25) is 0 Å². The molecule has 0 aromatic carbocycles. The van der Waals surface area contributed by atoms with Crippen molar-refractivity contribution in [1.82, 2.24) is 0 Å². The number of hydrogen-bond donors (Lipinski definition) is 0. The van der Waals surface area contributed by atoms with Crippen molar-refractivity contribution in [2.75, 3.05) is 13.2 Å². The normalized spacial score (nSPS) is 26.6. The summed E-state index contributed by atoms with van der Waals surface area (Å²) >= 11 is 0. The minimum Gasteiger partial charge on any atom is -0.353 e. The average molecular weight is 198 g/mol. The van der Waals surface area contributed by atoms with Crippen molar-refractivity contribution in [3.8, 4) is 0 Å². The number of ether oxygens (including phenoxy) is 2. The van der Waals surface area contributed by atoms with Crippen molar-refractivity contribution in [2.45, 2.75) is 45.3 Å².